The molecule has 2 aliphatic rings. The van der Waals surface area contributed by atoms with E-state index < -0.39 is 0 Å². The Morgan fingerprint density at radius 2 is 1.85 bits per heavy atom. The third-order valence-electron chi connectivity index (χ3n) is 8.01. The average Bonchev–Trinajstić information content (AvgIpc) is 2.93. The second-order valence-corrected chi connectivity index (χ2v) is 12.3. The number of nitrogens with one attached hydrogen (secondary N) is 3. The number of piperidine rings is 1. The number of carbonyl (C=O) groups excluding carboxylic acids is 1. The first-order valence-corrected chi connectivity index (χ1v) is 16.2. The van der Waals surface area contributed by atoms with Gasteiger partial charge in [-0.15, -0.1) is 0 Å². The van der Waals surface area contributed by atoms with E-state index in [1.165, 1.54) is 17.5 Å². The van der Waals surface area contributed by atoms with Gasteiger partial charge in [0.2, 0.25) is 5.95 Å². The van der Waals surface area contributed by atoms with Gasteiger partial charge in [-0.2, -0.15) is 4.98 Å². The number of benzene rings is 2. The molecule has 1 aliphatic heterocycles. The summed E-state index contributed by atoms with van der Waals surface area (Å²) in [4.78, 5) is 24.9. The van der Waals surface area contributed by atoms with Crippen LogP contribution in [0.3, 0.4) is 0 Å². The smallest absolute Gasteiger partial charge is 0.253 e. The van der Waals surface area contributed by atoms with Gasteiger partial charge in [0, 0.05) is 22.2 Å². The lowest BCUT2D eigenvalue weighted by atomic mass is 9.86. The first-order chi connectivity index (χ1) is 19.8. The fourth-order valence-electron chi connectivity index (χ4n) is 5.44. The van der Waals surface area contributed by atoms with Crippen LogP contribution < -0.4 is 20.7 Å². The van der Waals surface area contributed by atoms with Crippen molar-refractivity contribution in [3.05, 3.63) is 64.8 Å². The van der Waals surface area contributed by atoms with E-state index in [2.05, 4.69) is 74.5 Å². The number of rotatable bonds is 10. The van der Waals surface area contributed by atoms with Gasteiger partial charge in [-0.1, -0.05) is 34.7 Å². The average molecular weight is 669 g/mol. The third kappa shape index (κ3) is 7.30. The summed E-state index contributed by atoms with van der Waals surface area (Å²) in [6, 6.07) is 12.2. The third-order valence-corrected chi connectivity index (χ3v) is 8.83. The molecule has 2 heterocycles. The van der Waals surface area contributed by atoms with E-state index in [9.17, 15) is 4.79 Å². The van der Waals surface area contributed by atoms with Gasteiger partial charge in [-0.3, -0.25) is 4.79 Å². The molecule has 9 heteroatoms. The lowest BCUT2D eigenvalue weighted by Gasteiger charge is -2.30. The molecule has 0 spiro atoms. The molecule has 2 aromatic carbocycles. The summed E-state index contributed by atoms with van der Waals surface area (Å²) in [5, 5.41) is 10.0. The second kappa shape index (κ2) is 13.4. The van der Waals surface area contributed by atoms with Gasteiger partial charge in [0.15, 0.2) is 0 Å². The Labute approximate surface area is 257 Å². The van der Waals surface area contributed by atoms with E-state index in [4.69, 9.17) is 9.72 Å². The normalized spacial score (nSPS) is 16.3. The van der Waals surface area contributed by atoms with Crippen molar-refractivity contribution in [2.75, 3.05) is 30.8 Å². The van der Waals surface area contributed by atoms with Gasteiger partial charge in [0.05, 0.1) is 23.0 Å². The lowest BCUT2D eigenvalue weighted by molar-refractivity contribution is 0.0918. The van der Waals surface area contributed by atoms with Gasteiger partial charge in [-0.25, -0.2) is 4.98 Å². The van der Waals surface area contributed by atoms with Crippen LogP contribution >= 0.6 is 22.6 Å². The number of aromatic nitrogens is 2. The summed E-state index contributed by atoms with van der Waals surface area (Å²) in [5.74, 6) is 2.43. The number of ether oxygens (including phenoxy) is 1. The second-order valence-electron chi connectivity index (χ2n) is 11.5. The molecule has 3 aromatic rings. The van der Waals surface area contributed by atoms with Crippen molar-refractivity contribution in [2.24, 2.45) is 0 Å². The molecule has 8 nitrogen and oxygen atoms in total. The number of amides is 1. The molecular weight excluding hydrogens is 627 g/mol. The number of aryl methyl sites for hydroxylation is 1. The number of hydrogen-bond acceptors (Lipinski definition) is 7. The van der Waals surface area contributed by atoms with Crippen molar-refractivity contribution in [3.63, 3.8) is 0 Å². The van der Waals surface area contributed by atoms with Crippen molar-refractivity contribution in [1.29, 1.82) is 0 Å². The number of halogens is 1. The van der Waals surface area contributed by atoms with Gasteiger partial charge in [-0.05, 0) is 114 Å². The van der Waals surface area contributed by atoms with E-state index in [1.807, 2.05) is 44.3 Å². The molecule has 0 atom stereocenters. The Morgan fingerprint density at radius 1 is 1.10 bits per heavy atom. The largest absolute Gasteiger partial charge is 0.489 e. The molecule has 1 amide bonds. The summed E-state index contributed by atoms with van der Waals surface area (Å²) in [6.45, 7) is 8.50. The molecule has 1 aliphatic carbocycles. The standard InChI is InChI=1S/C32H41IN6O2/c1-20(2)41-29-17-26(22-12-14-39(4)15-13-22)21(3)16-28(29)37-32-34-19-23(18-33)30(38-32)36-27-11-6-5-10-25(27)31(40)35-24-8-7-9-24/h5-6,10-11,16-17,19-20,22,24H,7-9,12-15,18H2,1-4H3,(H,35,40)(H2,34,36,37,38). The van der Waals surface area contributed by atoms with Crippen LogP contribution in [0.4, 0.5) is 23.1 Å². The van der Waals surface area contributed by atoms with Crippen molar-refractivity contribution in [3.8, 4) is 5.75 Å². The zero-order valence-electron chi connectivity index (χ0n) is 24.5. The Hall–Kier alpha value is -2.92. The monoisotopic (exact) mass is 668 g/mol. The fourth-order valence-corrected chi connectivity index (χ4v) is 6.00. The maximum absolute atomic E-state index is 13.0. The van der Waals surface area contributed by atoms with E-state index >= 15 is 0 Å². The highest BCUT2D eigenvalue weighted by Crippen LogP contribution is 2.38. The molecule has 3 N–H and O–H groups in total. The molecular formula is C32H41IN6O2. The summed E-state index contributed by atoms with van der Waals surface area (Å²) >= 11 is 2.31. The fraction of sp³-hybridized carbons (Fsp3) is 0.469. The molecule has 218 valence electrons. The zero-order valence-corrected chi connectivity index (χ0v) is 26.6. The minimum atomic E-state index is -0.0584. The van der Waals surface area contributed by atoms with Crippen LogP contribution in [-0.4, -0.2) is 53.1 Å². The van der Waals surface area contributed by atoms with Crippen LogP contribution in [0.15, 0.2) is 42.6 Å². The number of para-hydroxylation sites is 1. The Morgan fingerprint density at radius 3 is 2.54 bits per heavy atom. The van der Waals surface area contributed by atoms with Crippen LogP contribution in [0.1, 0.15) is 78.9 Å². The minimum Gasteiger partial charge on any atom is -0.489 e. The number of carbonyl (C=O) groups is 1. The Bertz CT molecular complexity index is 1370. The molecule has 1 aromatic heterocycles. The summed E-state index contributed by atoms with van der Waals surface area (Å²) in [5.41, 5.74) is 5.74. The highest BCUT2D eigenvalue weighted by atomic mass is 127. The van der Waals surface area contributed by atoms with Crippen molar-refractivity contribution in [2.45, 2.75) is 75.4 Å². The number of anilines is 4. The molecule has 1 saturated heterocycles. The van der Waals surface area contributed by atoms with E-state index in [-0.39, 0.29) is 18.1 Å². The molecule has 0 radical (unpaired) electrons. The minimum absolute atomic E-state index is 0.0331. The Balaban J connectivity index is 1.41. The topological polar surface area (TPSA) is 91.4 Å². The first-order valence-electron chi connectivity index (χ1n) is 14.7. The zero-order chi connectivity index (χ0) is 28.9. The van der Waals surface area contributed by atoms with Crippen molar-refractivity contribution >= 4 is 51.6 Å². The number of likely N-dealkylation sites (tertiary alicyclic amines) is 1. The summed E-state index contributed by atoms with van der Waals surface area (Å²) in [6.07, 6.45) is 7.44. The molecule has 0 unspecified atom stereocenters. The van der Waals surface area contributed by atoms with E-state index in [0.717, 1.165) is 65.9 Å². The Kier molecular flexibility index (Phi) is 9.64. The number of nitrogens with zero attached hydrogens (tertiary/aromatic N) is 3. The van der Waals surface area contributed by atoms with Crippen molar-refractivity contribution < 1.29 is 9.53 Å². The summed E-state index contributed by atoms with van der Waals surface area (Å²) < 4.78 is 7.02. The van der Waals surface area contributed by atoms with Crippen molar-refractivity contribution in [1.82, 2.24) is 20.2 Å². The molecule has 41 heavy (non-hydrogen) atoms. The van der Waals surface area contributed by atoms with Crippen LogP contribution in [0.2, 0.25) is 0 Å². The SMILES string of the molecule is Cc1cc(Nc2ncc(CI)c(Nc3ccccc3C(=O)NC3CCC3)n2)c(OC(C)C)cc1C1CCN(C)CC1. The van der Waals surface area contributed by atoms with E-state index in [0.29, 0.717) is 23.2 Å². The van der Waals surface area contributed by atoms with Gasteiger partial charge in [0.1, 0.15) is 11.6 Å². The van der Waals surface area contributed by atoms with Crippen LogP contribution in [0.25, 0.3) is 0 Å². The predicted molar refractivity (Wildman–Crippen MR) is 174 cm³/mol. The number of hydrogen-bond donors (Lipinski definition) is 3. The molecule has 1 saturated carbocycles. The van der Waals surface area contributed by atoms with Gasteiger partial charge >= 0.3 is 0 Å². The maximum Gasteiger partial charge on any atom is 0.253 e. The predicted octanol–water partition coefficient (Wildman–Crippen LogP) is 7.09. The van der Waals surface area contributed by atoms with Crippen LogP contribution in [0.5, 0.6) is 5.75 Å². The van der Waals surface area contributed by atoms with Crippen LogP contribution in [-0.2, 0) is 4.43 Å². The molecule has 0 bridgehead atoms. The van der Waals surface area contributed by atoms with Gasteiger partial charge in [0.25, 0.3) is 5.91 Å². The maximum atomic E-state index is 13.0. The van der Waals surface area contributed by atoms with Crippen LogP contribution in [0, 0.1) is 6.92 Å². The summed E-state index contributed by atoms with van der Waals surface area (Å²) in [7, 11) is 2.19. The van der Waals surface area contributed by atoms with E-state index in [1.54, 1.807) is 0 Å². The number of alkyl halides is 1. The van der Waals surface area contributed by atoms with Gasteiger partial charge < -0.3 is 25.6 Å². The first kappa shape index (κ1) is 29.6. The molecule has 2 fully saturated rings. The highest BCUT2D eigenvalue weighted by molar-refractivity contribution is 14.1. The molecule has 5 rings (SSSR count). The quantitative estimate of drug-likeness (QED) is 0.157. The highest BCUT2D eigenvalue weighted by Gasteiger charge is 2.24. The lowest BCUT2D eigenvalue weighted by Crippen LogP contribution is -2.39.